The second-order valence-corrected chi connectivity index (χ2v) is 27.5. The van der Waals surface area contributed by atoms with Gasteiger partial charge in [-0.05, 0) is 111 Å². The van der Waals surface area contributed by atoms with Crippen molar-refractivity contribution in [2.75, 3.05) is 61.9 Å². The van der Waals surface area contributed by atoms with Gasteiger partial charge >= 0.3 is 6.18 Å². The first-order valence-corrected chi connectivity index (χ1v) is 32.8. The van der Waals surface area contributed by atoms with Crippen LogP contribution in [0.1, 0.15) is 143 Å². The van der Waals surface area contributed by atoms with Crippen LogP contribution >= 0.6 is 11.6 Å². The summed E-state index contributed by atoms with van der Waals surface area (Å²) in [4.78, 5) is 169. The number of halogens is 4. The average molecular weight is 1330 g/mol. The number of hydrogen-bond donors (Lipinski definition) is 4. The molecule has 3 aliphatic rings. The highest BCUT2D eigenvalue weighted by Gasteiger charge is 2.49. The summed E-state index contributed by atoms with van der Waals surface area (Å²) < 4.78 is 41.0. The lowest BCUT2D eigenvalue weighted by atomic mass is 9.91. The maximum Gasteiger partial charge on any atom is 0.416 e. The molecule has 1 aliphatic carbocycles. The van der Waals surface area contributed by atoms with E-state index in [1.54, 1.807) is 52.0 Å². The second kappa shape index (κ2) is 33.2. The van der Waals surface area contributed by atoms with Gasteiger partial charge in [0.1, 0.15) is 47.8 Å². The number of alkyl halides is 3. The van der Waals surface area contributed by atoms with E-state index in [1.165, 1.54) is 83.8 Å². The third-order valence-electron chi connectivity index (χ3n) is 18.4. The maximum absolute atomic E-state index is 15.2. The second-order valence-electron chi connectivity index (χ2n) is 27.0. The molecule has 1 saturated carbocycles. The van der Waals surface area contributed by atoms with E-state index in [-0.39, 0.29) is 76.2 Å². The number of fused-ring (bicyclic) bond motifs is 1. The minimum absolute atomic E-state index is 0.0293. The lowest BCUT2D eigenvalue weighted by Gasteiger charge is -2.43. The molecule has 2 aliphatic heterocycles. The van der Waals surface area contributed by atoms with E-state index in [1.807, 2.05) is 34.6 Å². The Morgan fingerprint density at radius 3 is 1.69 bits per heavy atom. The highest BCUT2D eigenvalue weighted by molar-refractivity contribution is 6.30. The molecule has 0 radical (unpaired) electrons. The van der Waals surface area contributed by atoms with Gasteiger partial charge in [0.05, 0.1) is 18.7 Å². The Labute approximate surface area is 551 Å². The van der Waals surface area contributed by atoms with Crippen molar-refractivity contribution < 1.29 is 65.9 Å². The van der Waals surface area contributed by atoms with Gasteiger partial charge in [-0.25, -0.2) is 0 Å². The molecule has 0 unspecified atom stereocenters. The van der Waals surface area contributed by atoms with Crippen LogP contribution in [-0.2, 0) is 71.8 Å². The fourth-order valence-corrected chi connectivity index (χ4v) is 12.7. The summed E-state index contributed by atoms with van der Waals surface area (Å²) in [6, 6.07) is 1.64. The van der Waals surface area contributed by atoms with Crippen LogP contribution in [0.15, 0.2) is 48.5 Å². The van der Waals surface area contributed by atoms with E-state index in [2.05, 4.69) is 21.3 Å². The topological polar surface area (TPSA) is 259 Å². The van der Waals surface area contributed by atoms with Crippen molar-refractivity contribution in [3.8, 4) is 0 Å². The van der Waals surface area contributed by atoms with Crippen molar-refractivity contribution in [1.82, 2.24) is 55.6 Å². The average Bonchev–Trinajstić information content (AvgIpc) is 1.76. The first-order chi connectivity index (χ1) is 43.4. The number of carbonyl (C=O) groups excluding carboxylic acids is 11. The molecule has 11 amide bonds. The maximum atomic E-state index is 15.2. The van der Waals surface area contributed by atoms with Crippen molar-refractivity contribution >= 4 is 76.6 Å². The lowest BCUT2D eigenvalue weighted by molar-refractivity contribution is -0.157. The molecule has 9 atom stereocenters. The zero-order valence-electron chi connectivity index (χ0n) is 56.8. The Kier molecular flexibility index (Phi) is 27.3. The molecule has 0 aromatic heterocycles. The predicted molar refractivity (Wildman–Crippen MR) is 345 cm³/mol. The van der Waals surface area contributed by atoms with Crippen LogP contribution in [0.5, 0.6) is 0 Å². The van der Waals surface area contributed by atoms with Crippen LogP contribution < -0.4 is 21.3 Å². The normalized spacial score (nSPS) is 25.4. The number of nitrogens with zero attached hydrogens (tertiary/aromatic N) is 7. The summed E-state index contributed by atoms with van der Waals surface area (Å²) in [5.41, 5.74) is -1.46. The summed E-state index contributed by atoms with van der Waals surface area (Å²) in [5.74, 6) is -8.37. The number of hydrogen-bond acceptors (Lipinski definition) is 11. The summed E-state index contributed by atoms with van der Waals surface area (Å²) in [6.07, 6.45) is -2.86. The third kappa shape index (κ3) is 19.9. The number of rotatable bonds is 12. The summed E-state index contributed by atoms with van der Waals surface area (Å²) in [6.45, 7) is 15.1. The van der Waals surface area contributed by atoms with Gasteiger partial charge in [0.2, 0.25) is 65.0 Å². The van der Waals surface area contributed by atoms with Crippen LogP contribution in [0.3, 0.4) is 0 Å². The van der Waals surface area contributed by atoms with E-state index < -0.39 is 156 Å². The van der Waals surface area contributed by atoms with E-state index in [0.29, 0.717) is 35.4 Å². The zero-order chi connectivity index (χ0) is 69.7. The SMILES string of the molecule is CC[C@H](C)[C@@H]1NC(=O)[C@H](C(C)C)N(C)C(=O)C[C@@H](C)NC(=O)[C@H](CC(C)C)N(C)C(=O)C2(CCCC2)NC(=O)[C@@H](CC(C)C)N(C)C(=O)[C@H](CCc2ccc(C(F)(F)F)cc2)NC(=O)CN(C)C(=O)[C@H](Cc2ccc(Cl)cc2)N(C)C(=O)[C@@H]2CCN2C(=O)CN(C)C1=O. The molecule has 5 rings (SSSR count). The summed E-state index contributed by atoms with van der Waals surface area (Å²) in [5, 5.41) is 11.9. The van der Waals surface area contributed by atoms with Crippen LogP contribution in [0.2, 0.25) is 5.02 Å². The molecular weight excluding hydrogens is 1230 g/mol. The van der Waals surface area contributed by atoms with Crippen molar-refractivity contribution in [3.63, 3.8) is 0 Å². The molecule has 516 valence electrons. The van der Waals surface area contributed by atoms with Crippen LogP contribution in [-0.4, -0.2) is 215 Å². The van der Waals surface area contributed by atoms with Gasteiger partial charge in [0.25, 0.3) is 0 Å². The Hall–Kier alpha value is -7.31. The number of nitrogens with one attached hydrogen (secondary N) is 4. The van der Waals surface area contributed by atoms with E-state index in [0.717, 1.165) is 17.0 Å². The smallest absolute Gasteiger partial charge is 0.351 e. The molecule has 93 heavy (non-hydrogen) atoms. The Balaban J connectivity index is 1.59. The van der Waals surface area contributed by atoms with Gasteiger partial charge < -0.3 is 55.6 Å². The highest BCUT2D eigenvalue weighted by atomic mass is 35.5. The number of aryl methyl sites for hydroxylation is 1. The number of carbonyl (C=O) groups is 11. The van der Waals surface area contributed by atoms with Gasteiger partial charge in [0.15, 0.2) is 0 Å². The molecule has 26 heteroatoms. The van der Waals surface area contributed by atoms with E-state index >= 15 is 14.4 Å². The Bertz CT molecular complexity index is 3000. The fourth-order valence-electron chi connectivity index (χ4n) is 12.5. The number of likely N-dealkylation sites (N-methyl/N-ethyl adjacent to an activating group) is 6. The molecule has 4 N–H and O–H groups in total. The molecule has 2 heterocycles. The molecular formula is C67H99ClF3N11O11. The number of benzene rings is 2. The van der Waals surface area contributed by atoms with Gasteiger partial charge in [0, 0.05) is 72.7 Å². The first kappa shape index (κ1) is 76.4. The molecule has 0 bridgehead atoms. The third-order valence-corrected chi connectivity index (χ3v) is 18.6. The summed E-state index contributed by atoms with van der Waals surface area (Å²) in [7, 11) is 8.45. The Morgan fingerprint density at radius 2 is 1.16 bits per heavy atom. The predicted octanol–water partition coefficient (Wildman–Crippen LogP) is 5.46. The molecule has 1 spiro atoms. The quantitative estimate of drug-likeness (QED) is 0.207. The van der Waals surface area contributed by atoms with Crippen molar-refractivity contribution in [3.05, 3.63) is 70.2 Å². The van der Waals surface area contributed by atoms with Crippen molar-refractivity contribution in [2.24, 2.45) is 23.7 Å². The van der Waals surface area contributed by atoms with E-state index in [4.69, 9.17) is 11.6 Å². The number of amides is 11. The first-order valence-electron chi connectivity index (χ1n) is 32.4. The van der Waals surface area contributed by atoms with Crippen molar-refractivity contribution in [2.45, 2.75) is 199 Å². The van der Waals surface area contributed by atoms with Gasteiger partial charge in [-0.2, -0.15) is 13.2 Å². The minimum atomic E-state index is -4.63. The van der Waals surface area contributed by atoms with Gasteiger partial charge in [-0.3, -0.25) is 52.7 Å². The monoisotopic (exact) mass is 1330 g/mol. The van der Waals surface area contributed by atoms with Crippen LogP contribution in [0.4, 0.5) is 13.2 Å². The molecule has 2 saturated heterocycles. The Morgan fingerprint density at radius 1 is 0.613 bits per heavy atom. The standard InChI is InChI=1S/C67H99ClF3N11O11/c1-16-42(8)56-64(92)77(11)38-55(85)82-32-29-49(82)63(91)79(13)52(36-45-21-26-47(68)27-22-45)62(90)76(10)37-53(83)73-48(28-23-44-19-24-46(25-20-44)67(69,70)71)61(89)78(12)51(34-40(4)5)59(87)75-66(30-17-18-31-66)65(93)80(14)50(33-39(2)3)58(86)72-43(9)35-54(84)81(15)57(41(6)7)60(88)74-56/h19-22,24-27,39-43,48-52,56-57H,16-18,23,28-38H2,1-15H3,(H,72,86)(H,73,83)(H,74,88)(H,75,87)/t42-,43+,48-,49-,50-,51+,52-,56-,57-/m0/s1. The van der Waals surface area contributed by atoms with Gasteiger partial charge in [-0.1, -0.05) is 111 Å². The van der Waals surface area contributed by atoms with Crippen LogP contribution in [0, 0.1) is 23.7 Å². The van der Waals surface area contributed by atoms with E-state index in [9.17, 15) is 51.5 Å². The molecule has 22 nitrogen and oxygen atoms in total. The van der Waals surface area contributed by atoms with Gasteiger partial charge in [-0.15, -0.1) is 0 Å². The fraction of sp³-hybridized carbons (Fsp3) is 0.657. The molecule has 3 fully saturated rings. The zero-order valence-corrected chi connectivity index (χ0v) is 57.5. The highest BCUT2D eigenvalue weighted by Crippen LogP contribution is 2.34. The largest absolute Gasteiger partial charge is 0.416 e. The van der Waals surface area contributed by atoms with Crippen molar-refractivity contribution in [1.29, 1.82) is 0 Å². The minimum Gasteiger partial charge on any atom is -0.351 e. The van der Waals surface area contributed by atoms with Crippen LogP contribution in [0.25, 0.3) is 0 Å². The lowest BCUT2D eigenvalue weighted by Crippen LogP contribution is -2.64. The summed E-state index contributed by atoms with van der Waals surface area (Å²) >= 11 is 6.24. The molecule has 2 aromatic carbocycles. The molecule has 2 aromatic rings.